The van der Waals surface area contributed by atoms with Crippen molar-refractivity contribution >= 4 is 28.5 Å². The quantitative estimate of drug-likeness (QED) is 0.899. The van der Waals surface area contributed by atoms with E-state index in [0.29, 0.717) is 5.75 Å². The highest BCUT2D eigenvalue weighted by atomic mass is 32.2. The Labute approximate surface area is 128 Å². The van der Waals surface area contributed by atoms with Gasteiger partial charge >= 0.3 is 6.18 Å². The molecule has 0 saturated carbocycles. The van der Waals surface area contributed by atoms with Crippen molar-refractivity contribution in [2.24, 2.45) is 0 Å². The molecule has 1 N–H and O–H groups in total. The van der Waals surface area contributed by atoms with E-state index in [-0.39, 0.29) is 28.3 Å². The van der Waals surface area contributed by atoms with Crippen LogP contribution in [0, 0.1) is 5.41 Å². The highest BCUT2D eigenvalue weighted by Crippen LogP contribution is 2.37. The first-order valence-corrected chi connectivity index (χ1v) is 7.22. The Morgan fingerprint density at radius 3 is 2.68 bits per heavy atom. The lowest BCUT2D eigenvalue weighted by Crippen LogP contribution is -2.29. The smallest absolute Gasteiger partial charge is 0.392 e. The number of halogens is 3. The van der Waals surface area contributed by atoms with Crippen molar-refractivity contribution in [3.05, 3.63) is 18.2 Å². The molecule has 1 fully saturated rings. The predicted molar refractivity (Wildman–Crippen MR) is 76.8 cm³/mol. The Hall–Kier alpha value is -1.90. The second kappa shape index (κ2) is 6.47. The Morgan fingerprint density at radius 1 is 1.41 bits per heavy atom. The molecule has 0 bridgehead atoms. The zero-order valence-electron chi connectivity index (χ0n) is 11.6. The third kappa shape index (κ3) is 3.85. The van der Waals surface area contributed by atoms with Crippen LogP contribution in [0.1, 0.15) is 6.42 Å². The normalized spacial score (nSPS) is 15.4. The lowest BCUT2D eigenvalue weighted by molar-refractivity contribution is -0.139. The van der Waals surface area contributed by atoms with E-state index in [9.17, 15) is 18.0 Å². The topological polar surface area (TPSA) is 62.6 Å². The van der Waals surface area contributed by atoms with E-state index in [0.717, 1.165) is 16.7 Å². The number of thioether (sulfide) groups is 1. The number of methoxy groups -OCH3 is 1. The Balaban J connectivity index is 2.25. The monoisotopic (exact) mass is 334 g/mol. The van der Waals surface area contributed by atoms with Gasteiger partial charge in [0.05, 0.1) is 31.6 Å². The van der Waals surface area contributed by atoms with Gasteiger partial charge in [0.25, 0.3) is 0 Å². The molecule has 0 atom stereocenters. The number of alkyl halides is 3. The van der Waals surface area contributed by atoms with Crippen molar-refractivity contribution < 1.29 is 27.4 Å². The van der Waals surface area contributed by atoms with Crippen molar-refractivity contribution in [3.63, 3.8) is 0 Å². The van der Waals surface area contributed by atoms with E-state index in [2.05, 4.69) is 0 Å². The molecule has 9 heteroatoms. The molecule has 1 heterocycles. The molecule has 1 aromatic rings. The third-order valence-electron chi connectivity index (χ3n) is 2.83. The first kappa shape index (κ1) is 16.5. The van der Waals surface area contributed by atoms with Crippen molar-refractivity contribution in [3.8, 4) is 11.5 Å². The Kier molecular flexibility index (Phi) is 4.84. The van der Waals surface area contributed by atoms with Gasteiger partial charge < -0.3 is 9.47 Å². The number of carbonyl (C=O) groups excluding carboxylic acids is 1. The number of ether oxygens (including phenoxy) is 2. The largest absolute Gasteiger partial charge is 0.497 e. The first-order chi connectivity index (χ1) is 10.3. The fourth-order valence-electron chi connectivity index (χ4n) is 1.81. The molecule has 5 nitrogen and oxygen atoms in total. The van der Waals surface area contributed by atoms with Crippen LogP contribution in [-0.2, 0) is 4.79 Å². The van der Waals surface area contributed by atoms with Gasteiger partial charge in [0.1, 0.15) is 11.5 Å². The summed E-state index contributed by atoms with van der Waals surface area (Å²) in [4.78, 5) is 13.0. The second-order valence-electron chi connectivity index (χ2n) is 4.37. The summed E-state index contributed by atoms with van der Waals surface area (Å²) < 4.78 is 46.8. The average Bonchev–Trinajstić information content (AvgIpc) is 2.77. The van der Waals surface area contributed by atoms with Gasteiger partial charge in [-0.3, -0.25) is 15.1 Å². The van der Waals surface area contributed by atoms with E-state index in [4.69, 9.17) is 14.9 Å². The molecule has 0 aliphatic carbocycles. The van der Waals surface area contributed by atoms with Crippen LogP contribution in [0.5, 0.6) is 11.5 Å². The van der Waals surface area contributed by atoms with Crippen LogP contribution in [0.25, 0.3) is 0 Å². The number of carbonyl (C=O) groups is 1. The SMILES string of the molecule is COc1ccc(OCCC(F)(F)F)c(N2C(=N)SCC2=O)c1. The Morgan fingerprint density at radius 2 is 2.14 bits per heavy atom. The van der Waals surface area contributed by atoms with Crippen LogP contribution < -0.4 is 14.4 Å². The summed E-state index contributed by atoms with van der Waals surface area (Å²) in [5.41, 5.74) is 0.210. The number of anilines is 1. The number of hydrogen-bond acceptors (Lipinski definition) is 5. The van der Waals surface area contributed by atoms with E-state index in [1.807, 2.05) is 0 Å². The number of hydrogen-bond donors (Lipinski definition) is 1. The van der Waals surface area contributed by atoms with E-state index in [1.165, 1.54) is 25.3 Å². The van der Waals surface area contributed by atoms with Crippen LogP contribution in [-0.4, -0.2) is 36.7 Å². The number of amides is 1. The molecule has 22 heavy (non-hydrogen) atoms. The minimum atomic E-state index is -4.32. The van der Waals surface area contributed by atoms with Gasteiger partial charge in [0, 0.05) is 6.07 Å². The van der Waals surface area contributed by atoms with Crippen LogP contribution in [0.3, 0.4) is 0 Å². The fraction of sp³-hybridized carbons (Fsp3) is 0.385. The maximum absolute atomic E-state index is 12.2. The third-order valence-corrected chi connectivity index (χ3v) is 3.68. The van der Waals surface area contributed by atoms with Crippen molar-refractivity contribution in [2.75, 3.05) is 24.4 Å². The van der Waals surface area contributed by atoms with E-state index >= 15 is 0 Å². The standard InChI is InChI=1S/C13H13F3N2O3S/c1-20-8-2-3-10(21-5-4-13(14,15)16)9(6-8)18-11(19)7-22-12(18)17/h2-3,6,17H,4-5,7H2,1H3. The molecular weight excluding hydrogens is 321 g/mol. The summed E-state index contributed by atoms with van der Waals surface area (Å²) in [7, 11) is 1.43. The molecule has 0 radical (unpaired) electrons. The molecule has 1 aromatic carbocycles. The van der Waals surface area contributed by atoms with Gasteiger partial charge in [-0.25, -0.2) is 0 Å². The fourth-order valence-corrected chi connectivity index (χ4v) is 2.53. The summed E-state index contributed by atoms with van der Waals surface area (Å²) in [6.07, 6.45) is -5.42. The van der Waals surface area contributed by atoms with Gasteiger partial charge in [-0.1, -0.05) is 11.8 Å². The molecule has 0 spiro atoms. The van der Waals surface area contributed by atoms with E-state index in [1.54, 1.807) is 0 Å². The molecule has 1 amide bonds. The summed E-state index contributed by atoms with van der Waals surface area (Å²) in [5, 5.41) is 7.76. The number of benzene rings is 1. The zero-order valence-corrected chi connectivity index (χ0v) is 12.4. The summed E-state index contributed by atoms with van der Waals surface area (Å²) in [6.45, 7) is -0.564. The lowest BCUT2D eigenvalue weighted by atomic mass is 10.2. The number of amidine groups is 1. The lowest BCUT2D eigenvalue weighted by Gasteiger charge is -2.20. The van der Waals surface area contributed by atoms with Crippen molar-refractivity contribution in [1.29, 1.82) is 5.41 Å². The number of nitrogens with one attached hydrogen (secondary N) is 1. The molecule has 1 saturated heterocycles. The highest BCUT2D eigenvalue weighted by molar-refractivity contribution is 8.15. The maximum atomic E-state index is 12.2. The van der Waals surface area contributed by atoms with Crippen molar-refractivity contribution in [2.45, 2.75) is 12.6 Å². The average molecular weight is 334 g/mol. The van der Waals surface area contributed by atoms with Gasteiger partial charge in [0.15, 0.2) is 5.17 Å². The van der Waals surface area contributed by atoms with Crippen LogP contribution in [0.15, 0.2) is 18.2 Å². The van der Waals surface area contributed by atoms with Crippen molar-refractivity contribution in [1.82, 2.24) is 0 Å². The van der Waals surface area contributed by atoms with Gasteiger partial charge in [0.2, 0.25) is 5.91 Å². The minimum Gasteiger partial charge on any atom is -0.497 e. The van der Waals surface area contributed by atoms with E-state index < -0.39 is 19.2 Å². The van der Waals surface area contributed by atoms with Crippen LogP contribution >= 0.6 is 11.8 Å². The first-order valence-electron chi connectivity index (χ1n) is 6.24. The zero-order chi connectivity index (χ0) is 16.3. The molecule has 120 valence electrons. The van der Waals surface area contributed by atoms with Gasteiger partial charge in [-0.15, -0.1) is 0 Å². The van der Waals surface area contributed by atoms with Gasteiger partial charge in [-0.2, -0.15) is 13.2 Å². The molecule has 2 rings (SSSR count). The minimum absolute atomic E-state index is 0.000996. The summed E-state index contributed by atoms with van der Waals surface area (Å²) >= 11 is 1.04. The number of rotatable bonds is 5. The molecular formula is C13H13F3N2O3S. The summed E-state index contributed by atoms with van der Waals surface area (Å²) in [6, 6.07) is 4.40. The second-order valence-corrected chi connectivity index (χ2v) is 5.33. The number of nitrogens with zero attached hydrogens (tertiary/aromatic N) is 1. The van der Waals surface area contributed by atoms with Gasteiger partial charge in [-0.05, 0) is 12.1 Å². The van der Waals surface area contributed by atoms with Crippen LogP contribution in [0.4, 0.5) is 18.9 Å². The van der Waals surface area contributed by atoms with Crippen LogP contribution in [0.2, 0.25) is 0 Å². The Bertz CT molecular complexity index is 576. The summed E-state index contributed by atoms with van der Waals surface area (Å²) in [5.74, 6) is 0.295. The highest BCUT2D eigenvalue weighted by Gasteiger charge is 2.32. The predicted octanol–water partition coefficient (Wildman–Crippen LogP) is 3.04. The molecule has 1 aliphatic rings. The molecule has 0 unspecified atom stereocenters. The molecule has 0 aromatic heterocycles. The molecule has 1 aliphatic heterocycles. The maximum Gasteiger partial charge on any atom is 0.392 e.